The molecule has 8 fully saturated rings. The van der Waals surface area contributed by atoms with Crippen LogP contribution >= 0.6 is 0 Å². The van der Waals surface area contributed by atoms with Crippen molar-refractivity contribution < 1.29 is 99.7 Å². The van der Waals surface area contributed by atoms with Gasteiger partial charge in [-0.2, -0.15) is 0 Å². The monoisotopic (exact) mass is 1880 g/mol. The smallest absolute Gasteiger partial charge is 0.451 e. The highest BCUT2D eigenvalue weighted by atomic mass is 16.4. The van der Waals surface area contributed by atoms with Crippen molar-refractivity contribution in [2.24, 2.45) is 86.9 Å². The molecule has 8 aliphatic rings. The molecule has 50 nitrogen and oxygen atoms in total. The number of hydrogen-bond donors (Lipinski definition) is 30. The Balaban J connectivity index is 0.000000187. The first-order chi connectivity index (χ1) is 61.7. The summed E-state index contributed by atoms with van der Waals surface area (Å²) in [5.74, 6) is -8.43. The molecule has 40 N–H and O–H groups in total. The van der Waals surface area contributed by atoms with Crippen LogP contribution in [-0.2, 0) is 24.0 Å². The van der Waals surface area contributed by atoms with Gasteiger partial charge in [-0.3, -0.25) is 71.9 Å². The molecular formula is C78H125B5N20O30. The Morgan fingerprint density at radius 3 is 0.797 bits per heavy atom. The number of nitrogens with zero attached hydrogens (tertiary/aromatic N) is 5. The highest BCUT2D eigenvalue weighted by Crippen LogP contribution is 2.43. The van der Waals surface area contributed by atoms with Crippen LogP contribution in [0.4, 0.5) is 56.9 Å². The molecule has 14 atom stereocenters. The molecule has 4 unspecified atom stereocenters. The number of nitrogens with two attached hydrogens (primary N) is 10. The number of aliphatic carboxylic acids is 5. The van der Waals surface area contributed by atoms with Crippen LogP contribution < -0.4 is 163 Å². The van der Waals surface area contributed by atoms with Gasteiger partial charge in [0.15, 0.2) is 0 Å². The Kier molecular flexibility index (Phi) is 33.7. The van der Waals surface area contributed by atoms with Crippen LogP contribution in [0.15, 0.2) is 47.9 Å². The van der Waals surface area contributed by atoms with Crippen LogP contribution in [0.25, 0.3) is 0 Å². The Labute approximate surface area is 761 Å². The molecule has 5 aromatic carbocycles. The zero-order valence-corrected chi connectivity index (χ0v) is 74.6. The fourth-order valence-electron chi connectivity index (χ4n) is 17.8. The molecule has 732 valence electrons. The maximum Gasteiger partial charge on any atom is 0.451 e. The van der Waals surface area contributed by atoms with Crippen LogP contribution in [0.5, 0.6) is 0 Å². The fraction of sp³-hybridized carbons (Fsp3) is 0.679. The van der Waals surface area contributed by atoms with Gasteiger partial charge in [-0.25, -0.2) is 0 Å². The van der Waals surface area contributed by atoms with E-state index in [2.05, 4.69) is 26.6 Å². The third kappa shape index (κ3) is 24.2. The van der Waals surface area contributed by atoms with Gasteiger partial charge >= 0.3 is 65.4 Å². The number of hydrogen-bond acceptors (Lipinski definition) is 45. The van der Waals surface area contributed by atoms with Crippen molar-refractivity contribution in [1.82, 2.24) is 0 Å². The summed E-state index contributed by atoms with van der Waals surface area (Å²) in [6, 6.07) is -0.223. The average molecular weight is 1880 g/mol. The Morgan fingerprint density at radius 2 is 0.586 bits per heavy atom. The third-order valence-electron chi connectivity index (χ3n) is 26.7. The summed E-state index contributed by atoms with van der Waals surface area (Å²) >= 11 is 0. The molecule has 3 saturated carbocycles. The van der Waals surface area contributed by atoms with Gasteiger partial charge in [0.25, 0.3) is 54.3 Å². The first-order valence-corrected chi connectivity index (χ1v) is 44.1. The highest BCUT2D eigenvalue weighted by molar-refractivity contribution is 6.42. The second-order valence-corrected chi connectivity index (χ2v) is 38.7. The van der Waals surface area contributed by atoms with E-state index in [0.29, 0.717) is 83.6 Å². The molecule has 5 saturated heterocycles. The van der Waals surface area contributed by atoms with Crippen LogP contribution in [0.3, 0.4) is 0 Å². The van der Waals surface area contributed by atoms with Crippen molar-refractivity contribution in [2.75, 3.05) is 136 Å². The summed E-state index contributed by atoms with van der Waals surface area (Å²) in [6.45, 7) is 8.47. The van der Waals surface area contributed by atoms with Crippen molar-refractivity contribution >= 4 is 122 Å². The van der Waals surface area contributed by atoms with E-state index in [-0.39, 0.29) is 197 Å². The van der Waals surface area contributed by atoms with Gasteiger partial charge in [-0.1, -0.05) is 32.1 Å². The third-order valence-corrected chi connectivity index (χ3v) is 26.7. The SMILES string of the molecule is CC(C)(CN)Nc1c(N2C[C@H](CCCB(O)O)[C@](N)(C(=O)O)C2)c(=O)c1=O.CC(C)(N)CNc1c(N2C[C@H](CCCB(O)O)[C@](N)(C(=O)O)C2)c(=O)c1=O.NC1(CNc2c(N3C[C@H](CCCB(O)O)[C@](N)(C(=O)O)C3)c(=O)c2=O)CC1.NC1CC1Nc1c(N2C[C@H](CCCB(O)O)[C@](N)(C(=O)O)C2)c(=O)c1=O.NC1CC1Nc1c(N2C[C@H](CCCB(O)O)[C@](N)(C(=O)O)C2)c(=O)c1=O. The quantitative estimate of drug-likeness (QED) is 0.0127. The van der Waals surface area contributed by atoms with E-state index >= 15 is 0 Å². The summed E-state index contributed by atoms with van der Waals surface area (Å²) in [4.78, 5) is 187. The predicted molar refractivity (Wildman–Crippen MR) is 497 cm³/mol. The lowest BCUT2D eigenvalue weighted by Gasteiger charge is -2.30. The summed E-state index contributed by atoms with van der Waals surface area (Å²) < 4.78 is 0. The average Bonchev–Trinajstić information content (AvgIpc) is 1.63. The van der Waals surface area contributed by atoms with Gasteiger partial charge in [0.1, 0.15) is 84.6 Å². The van der Waals surface area contributed by atoms with Crippen molar-refractivity contribution in [1.29, 1.82) is 0 Å². The molecule has 55 heteroatoms. The number of carbonyl (C=O) groups is 5. The van der Waals surface area contributed by atoms with E-state index in [4.69, 9.17) is 108 Å². The number of nitrogens with one attached hydrogen (secondary N) is 5. The zero-order valence-electron chi connectivity index (χ0n) is 74.6. The fourth-order valence-corrected chi connectivity index (χ4v) is 17.8. The molecule has 5 aromatic rings. The molecular weight excluding hydrogens is 1750 g/mol. The Bertz CT molecular complexity index is 5160. The maximum atomic E-state index is 12.1. The number of carboxylic acids is 5. The van der Waals surface area contributed by atoms with E-state index in [1.807, 2.05) is 0 Å². The lowest BCUT2D eigenvalue weighted by molar-refractivity contribution is -0.145. The van der Waals surface area contributed by atoms with E-state index in [1.54, 1.807) is 42.4 Å². The predicted octanol–water partition coefficient (Wildman–Crippen LogP) is -12.0. The Morgan fingerprint density at radius 1 is 0.368 bits per heavy atom. The summed E-state index contributed by atoms with van der Waals surface area (Å²) in [5.41, 5.74) is 45.2. The lowest BCUT2D eigenvalue weighted by atomic mass is 9.78. The number of rotatable bonds is 43. The molecule has 133 heavy (non-hydrogen) atoms. The molecule has 0 aromatic heterocycles. The van der Waals surface area contributed by atoms with Gasteiger partial charge in [0, 0.05) is 155 Å². The standard InChI is InChI=1S/C16H25BN4O6.2C16H27BN4O6.2C15H23BN4O6/c18-15(3-4-15)7-20-10-11(13(23)12(10)22)21-6-9(2-1-5-17(26)27)16(19,8-21)14(24)25;1-15(2,18)7-20-10-11(13(23)12(10)22)21-6-9(4-3-5-17(26)27)16(19,8-21)14(24)25;1-15(2,7-18)20-10-11(13(23)12(10)22)21-6-9(4-3-5-17(26)27)16(19,8-21)14(24)25;2*17-8-4-9(8)19-10-11(13(22)12(10)21)20-5-7(2-1-3-16(25)26)15(18,6-20)14(23)24/h9,20,26-27H,1-8,18-19H2,(H,24,25);2*9,20,26-27H,3-8,18-19H2,1-2H3,(H,24,25);2*7-9,19,25-26H,1-6,17-18H2,(H,23,24)/t3*9-,16-;2*7-,8?,9?,15-/m00000/s1. The summed E-state index contributed by atoms with van der Waals surface area (Å²) in [7, 11) is -7.33. The first-order valence-electron chi connectivity index (χ1n) is 44.1. The largest absolute Gasteiger partial charge is 0.480 e. The van der Waals surface area contributed by atoms with Gasteiger partial charge < -0.3 is 184 Å². The molecule has 0 bridgehead atoms. The van der Waals surface area contributed by atoms with Crippen LogP contribution in [0, 0.1) is 29.6 Å². The normalized spacial score (nSPS) is 26.7. The van der Waals surface area contributed by atoms with Crippen molar-refractivity contribution in [3.05, 3.63) is 102 Å². The van der Waals surface area contributed by atoms with E-state index in [9.17, 15) is 97.5 Å². The zero-order chi connectivity index (χ0) is 99.6. The van der Waals surface area contributed by atoms with Crippen LogP contribution in [-0.4, -0.2) is 295 Å². The second-order valence-electron chi connectivity index (χ2n) is 38.7. The minimum Gasteiger partial charge on any atom is -0.480 e. The highest BCUT2D eigenvalue weighted by Gasteiger charge is 2.57. The summed E-state index contributed by atoms with van der Waals surface area (Å²) in [6.07, 6.45) is 7.34. The van der Waals surface area contributed by atoms with E-state index < -0.39 is 188 Å². The maximum absolute atomic E-state index is 12.1. The summed E-state index contributed by atoms with van der Waals surface area (Å²) in [5, 5.41) is 152. The van der Waals surface area contributed by atoms with Gasteiger partial charge in [0.2, 0.25) is 0 Å². The minimum absolute atomic E-state index is 0.0522. The van der Waals surface area contributed by atoms with Crippen molar-refractivity contribution in [3.63, 3.8) is 0 Å². The van der Waals surface area contributed by atoms with Gasteiger partial charge in [-0.15, -0.1) is 0 Å². The van der Waals surface area contributed by atoms with Crippen LogP contribution in [0.1, 0.15) is 118 Å². The molecule has 3 aliphatic carbocycles. The van der Waals surface area contributed by atoms with Crippen LogP contribution in [0.2, 0.25) is 31.6 Å². The molecule has 13 rings (SSSR count). The van der Waals surface area contributed by atoms with Crippen molar-refractivity contribution in [2.45, 2.75) is 218 Å². The molecule has 0 spiro atoms. The van der Waals surface area contributed by atoms with E-state index in [1.165, 1.54) is 9.80 Å². The second kappa shape index (κ2) is 41.9. The lowest BCUT2D eigenvalue weighted by Crippen LogP contribution is -2.55. The van der Waals surface area contributed by atoms with Crippen molar-refractivity contribution in [3.8, 4) is 0 Å². The van der Waals surface area contributed by atoms with Gasteiger partial charge in [0.05, 0.1) is 0 Å². The molecule has 0 radical (unpaired) electrons. The van der Waals surface area contributed by atoms with Gasteiger partial charge in [-0.05, 0) is 117 Å². The minimum atomic E-state index is -1.60. The number of anilines is 10. The van der Waals surface area contributed by atoms with E-state index in [0.717, 1.165) is 12.8 Å². The number of carboxylic acid groups (broad SMARTS) is 5. The topological polar surface area (TPSA) is 896 Å². The Hall–Kier alpha value is -9.73. The first kappa shape index (κ1) is 107. The molecule has 0 amide bonds. The molecule has 5 aliphatic heterocycles. The molecule has 5 heterocycles.